The minimum Gasteiger partial charge on any atom is -0.507 e. The van der Waals surface area contributed by atoms with E-state index in [1.807, 2.05) is 60.7 Å². The highest BCUT2D eigenvalue weighted by atomic mass is 16.5. The van der Waals surface area contributed by atoms with Crippen molar-refractivity contribution >= 4 is 34.0 Å². The highest BCUT2D eigenvalue weighted by Crippen LogP contribution is 2.27. The van der Waals surface area contributed by atoms with Crippen LogP contribution < -0.4 is 0 Å². The van der Waals surface area contributed by atoms with Crippen LogP contribution in [0.15, 0.2) is 82.8 Å². The summed E-state index contributed by atoms with van der Waals surface area (Å²) in [4.78, 5) is 9.49. The van der Waals surface area contributed by atoms with Crippen molar-refractivity contribution < 1.29 is 19.7 Å². The van der Waals surface area contributed by atoms with Crippen molar-refractivity contribution in [3.63, 3.8) is 0 Å². The quantitative estimate of drug-likeness (QED) is 0.348. The average molecular weight is 457 g/mol. The lowest BCUT2D eigenvalue weighted by atomic mass is 10.0. The number of phenolic OH excluding ortho intramolecular Hbond substituents is 2. The lowest BCUT2D eigenvalue weighted by Crippen LogP contribution is -2.31. The topological polar surface area (TPSA) is 83.6 Å². The first-order chi connectivity index (χ1) is 16.6. The largest absolute Gasteiger partial charge is 0.507 e. The second kappa shape index (κ2) is 10.9. The summed E-state index contributed by atoms with van der Waals surface area (Å²) in [6.45, 7) is 0.629. The molecule has 4 aromatic rings. The summed E-state index contributed by atoms with van der Waals surface area (Å²) in [6.07, 6.45) is 3.35. The predicted molar refractivity (Wildman–Crippen MR) is 138 cm³/mol. The first kappa shape index (κ1) is 23.4. The molecular formula is C28H28N2O4. The molecule has 6 heteroatoms. The molecule has 0 bridgehead atoms. The van der Waals surface area contributed by atoms with E-state index in [1.54, 1.807) is 38.8 Å². The Balaban J connectivity index is 1.69. The summed E-state index contributed by atoms with van der Waals surface area (Å²) in [5.41, 5.74) is 1.29. The van der Waals surface area contributed by atoms with Gasteiger partial charge >= 0.3 is 0 Å². The third kappa shape index (κ3) is 5.09. The third-order valence-electron chi connectivity index (χ3n) is 5.80. The molecule has 0 saturated carbocycles. The average Bonchev–Trinajstić information content (AvgIpc) is 2.86. The zero-order valence-corrected chi connectivity index (χ0v) is 19.3. The van der Waals surface area contributed by atoms with E-state index in [2.05, 4.69) is 0 Å². The predicted octanol–water partition coefficient (Wildman–Crippen LogP) is 4.97. The van der Waals surface area contributed by atoms with E-state index in [0.717, 1.165) is 21.5 Å². The lowest BCUT2D eigenvalue weighted by Gasteiger charge is -2.20. The second-order valence-electron chi connectivity index (χ2n) is 8.04. The summed E-state index contributed by atoms with van der Waals surface area (Å²) < 4.78 is 10.9. The van der Waals surface area contributed by atoms with Gasteiger partial charge in [0.25, 0.3) is 0 Å². The van der Waals surface area contributed by atoms with Crippen LogP contribution in [-0.2, 0) is 9.47 Å². The molecule has 0 fully saturated rings. The van der Waals surface area contributed by atoms with Crippen LogP contribution in [0.2, 0.25) is 0 Å². The van der Waals surface area contributed by atoms with E-state index in [4.69, 9.17) is 19.5 Å². The molecule has 0 heterocycles. The van der Waals surface area contributed by atoms with Crippen molar-refractivity contribution in [2.24, 2.45) is 9.98 Å². The van der Waals surface area contributed by atoms with Gasteiger partial charge in [-0.25, -0.2) is 0 Å². The maximum Gasteiger partial charge on any atom is 0.124 e. The number of fused-ring (bicyclic) bond motifs is 2. The lowest BCUT2D eigenvalue weighted by molar-refractivity contribution is 0.132. The number of ether oxygens (including phenoxy) is 2. The molecule has 0 aliphatic carbocycles. The Morgan fingerprint density at radius 3 is 1.47 bits per heavy atom. The van der Waals surface area contributed by atoms with Gasteiger partial charge in [0.05, 0.1) is 25.3 Å². The Hall–Kier alpha value is -3.74. The maximum absolute atomic E-state index is 10.5. The number of hydrogen-bond donors (Lipinski definition) is 2. The smallest absolute Gasteiger partial charge is 0.124 e. The van der Waals surface area contributed by atoms with Crippen LogP contribution in [0.1, 0.15) is 11.1 Å². The van der Waals surface area contributed by atoms with E-state index >= 15 is 0 Å². The Bertz CT molecular complexity index is 1230. The van der Waals surface area contributed by atoms with Gasteiger partial charge in [-0.1, -0.05) is 60.7 Å². The summed E-state index contributed by atoms with van der Waals surface area (Å²) in [5, 5.41) is 24.8. The van der Waals surface area contributed by atoms with Crippen LogP contribution in [0.5, 0.6) is 11.5 Å². The zero-order chi connectivity index (χ0) is 23.9. The van der Waals surface area contributed by atoms with Gasteiger partial charge in [0, 0.05) is 37.8 Å². The van der Waals surface area contributed by atoms with Crippen LogP contribution in [0, 0.1) is 0 Å². The Morgan fingerprint density at radius 2 is 1.06 bits per heavy atom. The zero-order valence-electron chi connectivity index (χ0n) is 19.3. The molecule has 2 N–H and O–H groups in total. The van der Waals surface area contributed by atoms with E-state index in [-0.39, 0.29) is 23.6 Å². The van der Waals surface area contributed by atoms with Crippen LogP contribution in [-0.4, -0.2) is 62.2 Å². The van der Waals surface area contributed by atoms with Gasteiger partial charge < -0.3 is 19.7 Å². The van der Waals surface area contributed by atoms with Crippen LogP contribution in [0.4, 0.5) is 0 Å². The molecule has 0 aromatic heterocycles. The van der Waals surface area contributed by atoms with Crippen molar-refractivity contribution in [3.8, 4) is 11.5 Å². The van der Waals surface area contributed by atoms with E-state index < -0.39 is 0 Å². The fourth-order valence-corrected chi connectivity index (χ4v) is 4.03. The third-order valence-corrected chi connectivity index (χ3v) is 5.80. The Kier molecular flexibility index (Phi) is 7.52. The first-order valence-corrected chi connectivity index (χ1v) is 11.1. The minimum absolute atomic E-state index is 0.158. The van der Waals surface area contributed by atoms with Gasteiger partial charge in [-0.3, -0.25) is 9.98 Å². The number of methoxy groups -OCH3 is 2. The normalized spacial score (nSPS) is 13.8. The molecule has 0 spiro atoms. The fraction of sp³-hybridized carbons (Fsp3) is 0.214. The number of hydrogen-bond acceptors (Lipinski definition) is 6. The highest BCUT2D eigenvalue weighted by Gasteiger charge is 2.20. The molecule has 0 radical (unpaired) electrons. The fourth-order valence-electron chi connectivity index (χ4n) is 4.03. The number of benzene rings is 4. The van der Waals surface area contributed by atoms with Crippen molar-refractivity contribution in [1.29, 1.82) is 0 Å². The molecule has 0 aliphatic rings. The minimum atomic E-state index is -0.364. The number of aliphatic imine (C=N–C) groups is 2. The van der Waals surface area contributed by atoms with Crippen molar-refractivity contribution in [1.82, 2.24) is 0 Å². The first-order valence-electron chi connectivity index (χ1n) is 11.1. The van der Waals surface area contributed by atoms with Crippen molar-refractivity contribution in [2.75, 3.05) is 27.4 Å². The summed E-state index contributed by atoms with van der Waals surface area (Å²) >= 11 is 0. The van der Waals surface area contributed by atoms with Crippen LogP contribution in [0.25, 0.3) is 21.5 Å². The molecule has 174 valence electrons. The van der Waals surface area contributed by atoms with Gasteiger partial charge in [0.1, 0.15) is 11.5 Å². The van der Waals surface area contributed by atoms with Gasteiger partial charge in [0.15, 0.2) is 0 Å². The van der Waals surface area contributed by atoms with Gasteiger partial charge in [0.2, 0.25) is 0 Å². The monoisotopic (exact) mass is 456 g/mol. The standard InChI is InChI=1S/C28H28N2O4/c1-33-17-25(29-15-23-21-9-5-3-7-19(21)11-13-27(23)31)26(18-34-2)30-16-24-22-10-6-4-8-20(22)12-14-28(24)32/h3-16,25-26,31-32H,17-18H2,1-2H3/t25-,26-/m1/s1. The second-order valence-corrected chi connectivity index (χ2v) is 8.04. The maximum atomic E-state index is 10.5. The molecule has 0 unspecified atom stereocenters. The number of rotatable bonds is 9. The van der Waals surface area contributed by atoms with Crippen molar-refractivity contribution in [3.05, 3.63) is 83.9 Å². The van der Waals surface area contributed by atoms with Crippen LogP contribution in [0.3, 0.4) is 0 Å². The molecule has 0 amide bonds. The molecular weight excluding hydrogens is 428 g/mol. The summed E-state index contributed by atoms with van der Waals surface area (Å²) in [7, 11) is 3.23. The molecule has 2 atom stereocenters. The van der Waals surface area contributed by atoms with Gasteiger partial charge in [-0.15, -0.1) is 0 Å². The summed E-state index contributed by atoms with van der Waals surface area (Å²) in [6, 6.07) is 22.0. The Labute approximate surface area is 198 Å². The van der Waals surface area contributed by atoms with E-state index in [0.29, 0.717) is 24.3 Å². The Morgan fingerprint density at radius 1 is 0.647 bits per heavy atom. The highest BCUT2D eigenvalue weighted by molar-refractivity contribution is 6.03. The number of nitrogens with zero attached hydrogens (tertiary/aromatic N) is 2. The molecule has 4 rings (SSSR count). The SMILES string of the molecule is COC[C@@H](N=Cc1c(O)ccc2ccccc12)[C@@H](COC)N=Cc1c(O)ccc2ccccc12. The van der Waals surface area contributed by atoms with Gasteiger partial charge in [-0.2, -0.15) is 0 Å². The molecule has 4 aromatic carbocycles. The molecule has 6 nitrogen and oxygen atoms in total. The summed E-state index contributed by atoms with van der Waals surface area (Å²) in [5.74, 6) is 0.317. The van der Waals surface area contributed by atoms with E-state index in [9.17, 15) is 10.2 Å². The van der Waals surface area contributed by atoms with Crippen molar-refractivity contribution in [2.45, 2.75) is 12.1 Å². The van der Waals surface area contributed by atoms with Crippen LogP contribution >= 0.6 is 0 Å². The molecule has 34 heavy (non-hydrogen) atoms. The number of phenols is 2. The van der Waals surface area contributed by atoms with E-state index in [1.165, 1.54) is 0 Å². The molecule has 0 aliphatic heterocycles. The van der Waals surface area contributed by atoms with Gasteiger partial charge in [-0.05, 0) is 33.7 Å². The molecule has 0 saturated heterocycles. The number of aromatic hydroxyl groups is 2.